The van der Waals surface area contributed by atoms with Crippen LogP contribution in [-0.4, -0.2) is 32.2 Å². The van der Waals surface area contributed by atoms with E-state index in [1.165, 1.54) is 0 Å². The second-order valence-corrected chi connectivity index (χ2v) is 0.714. The second kappa shape index (κ2) is 4.94. The molecule has 5 heavy (non-hydrogen) atoms. The van der Waals surface area contributed by atoms with Gasteiger partial charge in [-0.05, 0) is 4.57 Å². The predicted molar refractivity (Wildman–Crippen MR) is 16.7 cm³/mol. The van der Waals surface area contributed by atoms with Crippen LogP contribution in [0.3, 0.4) is 0 Å². The summed E-state index contributed by atoms with van der Waals surface area (Å²) in [7, 11) is -3.12. The molecule has 1 unspecified atom stereocenters. The van der Waals surface area contributed by atoms with Gasteiger partial charge < -0.3 is 4.89 Å². The predicted octanol–water partition coefficient (Wildman–Crippen LogP) is -1.27. The van der Waals surface area contributed by atoms with Crippen molar-refractivity contribution in [2.45, 2.75) is 0 Å². The molecule has 0 aromatic heterocycles. The summed E-state index contributed by atoms with van der Waals surface area (Å²) in [5.41, 5.74) is 0. The summed E-state index contributed by atoms with van der Waals surface area (Å²) >= 11 is 0. The van der Waals surface area contributed by atoms with Gasteiger partial charge in [-0.1, -0.05) is 0 Å². The van der Waals surface area contributed by atoms with E-state index in [1.807, 2.05) is 0 Å². The maximum atomic E-state index is 8.59. The molecule has 1 atom stereocenters. The molecule has 0 saturated carbocycles. The molecule has 0 rings (SSSR count). The smallest absolute Gasteiger partial charge is 0.567 e. The van der Waals surface area contributed by atoms with Gasteiger partial charge in [-0.3, -0.25) is 0 Å². The zero-order valence-electron chi connectivity index (χ0n) is 3.21. The Morgan fingerprint density at radius 3 is 2.00 bits per heavy atom. The maximum absolute atomic E-state index is 8.59. The molecule has 5 heteroatoms. The summed E-state index contributed by atoms with van der Waals surface area (Å²) in [6, 6.07) is 0. The summed E-state index contributed by atoms with van der Waals surface area (Å²) in [5, 5.41) is 0. The van der Waals surface area contributed by atoms with Gasteiger partial charge in [0.05, 0.1) is 0 Å². The number of rotatable bonds is 0. The molecular weight excluding hydrogens is 286 g/mol. The first-order valence-electron chi connectivity index (χ1n) is 0.565. The molecule has 3 nitrogen and oxygen atoms in total. The minimum absolute atomic E-state index is 0. The Bertz CT molecular complexity index is 33.8. The Balaban J connectivity index is -0.0000000450. The molecule has 0 fully saturated rings. The van der Waals surface area contributed by atoms with E-state index >= 15 is 0 Å². The minimum atomic E-state index is -3.12. The van der Waals surface area contributed by atoms with Gasteiger partial charge in [-0.2, -0.15) is 4.89 Å². The topological polar surface area (TPSA) is 60.4 Å². The van der Waals surface area contributed by atoms with Gasteiger partial charge in [0.2, 0.25) is 0 Å². The van der Waals surface area contributed by atoms with Crippen LogP contribution in [0.25, 0.3) is 0 Å². The average molecular weight is 288 g/mol. The molecule has 0 amide bonds. The van der Waals surface area contributed by atoms with E-state index in [9.17, 15) is 0 Å². The third kappa shape index (κ3) is 48.2. The molecule has 0 aromatic carbocycles. The van der Waals surface area contributed by atoms with Crippen molar-refractivity contribution in [3.05, 3.63) is 0 Å². The Kier molecular flexibility index (Phi) is 9.23. The Hall–Kier alpha value is 0.942. The van der Waals surface area contributed by atoms with E-state index in [0.29, 0.717) is 0 Å². The van der Waals surface area contributed by atoms with Crippen LogP contribution in [0.2, 0.25) is 0 Å². The summed E-state index contributed by atoms with van der Waals surface area (Å²) in [5.74, 6) is 0. The van der Waals surface area contributed by atoms with Gasteiger partial charge in [-0.15, -0.1) is 0 Å². The fraction of sp³-hybridized carbons (Fsp3) is 0. The van der Waals surface area contributed by atoms with Crippen LogP contribution in [0.15, 0.2) is 0 Å². The van der Waals surface area contributed by atoms with Gasteiger partial charge >= 0.3 is 9.68 Å². The molecule has 0 spiro atoms. The van der Waals surface area contributed by atoms with Crippen molar-refractivity contribution in [2.24, 2.45) is 0 Å². The van der Waals surface area contributed by atoms with E-state index in [4.69, 9.17) is 14.4 Å². The first-order valence-corrected chi connectivity index (χ1v) is 1.70. The van der Waals surface area contributed by atoms with Crippen LogP contribution in [-0.2, 0) is 4.57 Å². The second-order valence-electron chi connectivity index (χ2n) is 0.238. The minimum Gasteiger partial charge on any atom is -0.567 e. The van der Waals surface area contributed by atoms with Crippen LogP contribution in [0.5, 0.6) is 0 Å². The summed E-state index contributed by atoms with van der Waals surface area (Å²) in [4.78, 5) is 15.6. The SMILES string of the molecule is O=[P+]([O-])O.[H+].[Pb]. The van der Waals surface area contributed by atoms with Crippen molar-refractivity contribution in [1.29, 1.82) is 0 Å². The van der Waals surface area contributed by atoms with E-state index in [2.05, 4.69) is 0 Å². The molecular formula is H2O3PPb+. The van der Waals surface area contributed by atoms with Crippen molar-refractivity contribution < 1.29 is 15.8 Å². The normalized spacial score (nSPS) is 8.80. The molecule has 0 aromatic rings. The van der Waals surface area contributed by atoms with Crippen LogP contribution >= 0.6 is 8.25 Å². The molecule has 0 heterocycles. The molecule has 0 bridgehead atoms. The van der Waals surface area contributed by atoms with Gasteiger partial charge in [0.25, 0.3) is 0 Å². The van der Waals surface area contributed by atoms with E-state index in [-0.39, 0.29) is 28.7 Å². The van der Waals surface area contributed by atoms with Crippen molar-refractivity contribution in [2.75, 3.05) is 0 Å². The monoisotopic (exact) mass is 289 g/mol. The summed E-state index contributed by atoms with van der Waals surface area (Å²) in [6.45, 7) is 0. The van der Waals surface area contributed by atoms with Crippen molar-refractivity contribution in [3.8, 4) is 0 Å². The van der Waals surface area contributed by atoms with Gasteiger partial charge in [0.15, 0.2) is 0 Å². The molecule has 28 valence electrons. The Morgan fingerprint density at radius 1 is 2.00 bits per heavy atom. The first-order chi connectivity index (χ1) is 1.73. The zero-order valence-corrected chi connectivity index (χ0v) is 6.99. The van der Waals surface area contributed by atoms with Gasteiger partial charge in [-0.25, -0.2) is 0 Å². The standard InChI is InChI=1S/HO3P.Pb/c1-4(2)3;/h(H,1,2,3);/p+1. The first kappa shape index (κ1) is 9.34. The van der Waals surface area contributed by atoms with E-state index < -0.39 is 8.25 Å². The molecule has 0 aliphatic carbocycles. The van der Waals surface area contributed by atoms with Crippen molar-refractivity contribution >= 4 is 35.6 Å². The molecule has 0 aliphatic heterocycles. The van der Waals surface area contributed by atoms with Crippen LogP contribution in [0.1, 0.15) is 1.43 Å². The summed E-state index contributed by atoms with van der Waals surface area (Å²) < 4.78 is 8.59. The Labute approximate surface area is 51.6 Å². The van der Waals surface area contributed by atoms with Crippen LogP contribution < -0.4 is 4.89 Å². The van der Waals surface area contributed by atoms with Crippen LogP contribution in [0, 0.1) is 0 Å². The van der Waals surface area contributed by atoms with E-state index in [1.54, 1.807) is 0 Å². The molecule has 4 radical (unpaired) electrons. The fourth-order valence-electron chi connectivity index (χ4n) is 0. The quantitative estimate of drug-likeness (QED) is 0.446. The van der Waals surface area contributed by atoms with Crippen molar-refractivity contribution in [1.82, 2.24) is 0 Å². The average Bonchev–Trinajstić information content (AvgIpc) is 0.811. The Morgan fingerprint density at radius 2 is 2.00 bits per heavy atom. The third-order valence-corrected chi connectivity index (χ3v) is 0. The molecule has 0 saturated heterocycles. The van der Waals surface area contributed by atoms with Gasteiger partial charge in [0.1, 0.15) is 0 Å². The third-order valence-electron chi connectivity index (χ3n) is 0. The number of hydrogen-bond acceptors (Lipinski definition) is 2. The largest absolute Gasteiger partial charge is 1.00 e. The van der Waals surface area contributed by atoms with Crippen molar-refractivity contribution in [3.63, 3.8) is 0 Å². The number of hydrogen-bond donors (Lipinski definition) is 1. The van der Waals surface area contributed by atoms with Crippen LogP contribution in [0.4, 0.5) is 0 Å². The molecule has 0 aliphatic rings. The molecule has 1 N–H and O–H groups in total. The maximum Gasteiger partial charge on any atom is 1.00 e. The zero-order chi connectivity index (χ0) is 3.58. The van der Waals surface area contributed by atoms with E-state index in [0.717, 1.165) is 0 Å². The summed E-state index contributed by atoms with van der Waals surface area (Å²) in [6.07, 6.45) is 0. The van der Waals surface area contributed by atoms with Gasteiger partial charge in [0, 0.05) is 27.3 Å². The fourth-order valence-corrected chi connectivity index (χ4v) is 0.